The monoisotopic (exact) mass is 158 g/mol. The number of unbranched alkanes of at least 4 members (excludes halogenated alkanes) is 1. The van der Waals surface area contributed by atoms with Crippen molar-refractivity contribution >= 4 is 0 Å². The molecule has 0 aromatic carbocycles. The molecule has 2 heteroatoms. The van der Waals surface area contributed by atoms with Crippen molar-refractivity contribution in [3.05, 3.63) is 0 Å². The van der Waals surface area contributed by atoms with Crippen LogP contribution in [0, 0.1) is 0 Å². The zero-order chi connectivity index (χ0) is 8.53. The third-order valence-corrected chi connectivity index (χ3v) is 1.75. The molecule has 0 heterocycles. The molecule has 0 aliphatic carbocycles. The lowest BCUT2D eigenvalue weighted by Gasteiger charge is -2.20. The summed E-state index contributed by atoms with van der Waals surface area (Å²) >= 11 is 0. The molecule has 0 unspecified atom stereocenters. The Morgan fingerprint density at radius 1 is 1.09 bits per heavy atom. The van der Waals surface area contributed by atoms with Gasteiger partial charge in [-0.2, -0.15) is 0 Å². The summed E-state index contributed by atoms with van der Waals surface area (Å²) in [5.74, 6) is 0. The summed E-state index contributed by atoms with van der Waals surface area (Å²) in [6, 6.07) is 0. The van der Waals surface area contributed by atoms with Crippen LogP contribution in [0.1, 0.15) is 40.0 Å². The Morgan fingerprint density at radius 2 is 1.82 bits per heavy atom. The predicted octanol–water partition coefficient (Wildman–Crippen LogP) is 2.02. The second kappa shape index (κ2) is 8.02. The highest BCUT2D eigenvalue weighted by atomic mass is 15.5. The number of nitrogens with zero attached hydrogens (tertiary/aromatic N) is 1. The van der Waals surface area contributed by atoms with Crippen molar-refractivity contribution in [1.82, 2.24) is 10.4 Å². The third-order valence-electron chi connectivity index (χ3n) is 1.75. The maximum absolute atomic E-state index is 3.39. The summed E-state index contributed by atoms with van der Waals surface area (Å²) in [5.41, 5.74) is 3.39. The Hall–Kier alpha value is -0.0800. The van der Waals surface area contributed by atoms with Crippen molar-refractivity contribution < 1.29 is 0 Å². The van der Waals surface area contributed by atoms with E-state index in [4.69, 9.17) is 0 Å². The number of hydrogen-bond donors (Lipinski definition) is 1. The van der Waals surface area contributed by atoms with Gasteiger partial charge in [0.1, 0.15) is 0 Å². The molecule has 0 amide bonds. The Bertz CT molecular complexity index is 66.0. The van der Waals surface area contributed by atoms with E-state index in [-0.39, 0.29) is 0 Å². The normalized spacial score (nSPS) is 10.9. The highest BCUT2D eigenvalue weighted by Crippen LogP contribution is 1.90. The van der Waals surface area contributed by atoms with Gasteiger partial charge in [-0.1, -0.05) is 27.2 Å². The SMILES string of the molecule is CCCCN(CC)NCCC. The lowest BCUT2D eigenvalue weighted by molar-refractivity contribution is 0.195. The highest BCUT2D eigenvalue weighted by Gasteiger charge is 1.97. The Labute approximate surface area is 70.9 Å². The molecule has 0 spiro atoms. The number of hydrazine groups is 1. The Balaban J connectivity index is 3.25. The molecule has 68 valence electrons. The smallest absolute Gasteiger partial charge is 0.0130 e. The van der Waals surface area contributed by atoms with E-state index in [9.17, 15) is 0 Å². The molecule has 0 atom stereocenters. The molecule has 0 aromatic heterocycles. The van der Waals surface area contributed by atoms with Crippen LogP contribution in [0.15, 0.2) is 0 Å². The standard InChI is InChI=1S/C9H22N2/c1-4-7-9-11(6-3)10-8-5-2/h10H,4-9H2,1-3H3. The topological polar surface area (TPSA) is 15.3 Å². The molecule has 0 saturated carbocycles. The van der Waals surface area contributed by atoms with Gasteiger partial charge in [-0.3, -0.25) is 5.43 Å². The van der Waals surface area contributed by atoms with E-state index in [1.54, 1.807) is 0 Å². The zero-order valence-electron chi connectivity index (χ0n) is 8.19. The first-order valence-corrected chi connectivity index (χ1v) is 4.83. The molecule has 0 fully saturated rings. The summed E-state index contributed by atoms with van der Waals surface area (Å²) < 4.78 is 0. The number of rotatable bonds is 7. The summed E-state index contributed by atoms with van der Waals surface area (Å²) in [6.07, 6.45) is 3.79. The van der Waals surface area contributed by atoms with Crippen molar-refractivity contribution in [2.45, 2.75) is 40.0 Å². The van der Waals surface area contributed by atoms with Gasteiger partial charge in [0.15, 0.2) is 0 Å². The maximum Gasteiger partial charge on any atom is 0.0130 e. The Morgan fingerprint density at radius 3 is 2.27 bits per heavy atom. The fraction of sp³-hybridized carbons (Fsp3) is 1.00. The fourth-order valence-corrected chi connectivity index (χ4v) is 0.968. The van der Waals surface area contributed by atoms with E-state index in [1.165, 1.54) is 25.8 Å². The minimum atomic E-state index is 1.11. The van der Waals surface area contributed by atoms with Crippen molar-refractivity contribution in [2.75, 3.05) is 19.6 Å². The van der Waals surface area contributed by atoms with Gasteiger partial charge in [0, 0.05) is 19.6 Å². The van der Waals surface area contributed by atoms with E-state index in [0.717, 1.165) is 13.1 Å². The zero-order valence-corrected chi connectivity index (χ0v) is 8.19. The molecule has 11 heavy (non-hydrogen) atoms. The summed E-state index contributed by atoms with van der Waals surface area (Å²) in [5, 5.41) is 2.30. The molecule has 0 bridgehead atoms. The predicted molar refractivity (Wildman–Crippen MR) is 50.4 cm³/mol. The number of hydrogen-bond acceptors (Lipinski definition) is 2. The Kier molecular flexibility index (Phi) is 7.96. The number of nitrogens with one attached hydrogen (secondary N) is 1. The highest BCUT2D eigenvalue weighted by molar-refractivity contribution is 4.48. The van der Waals surface area contributed by atoms with Crippen LogP contribution in [-0.4, -0.2) is 24.6 Å². The third kappa shape index (κ3) is 6.32. The summed E-state index contributed by atoms with van der Waals surface area (Å²) in [4.78, 5) is 0. The molecule has 0 radical (unpaired) electrons. The first-order chi connectivity index (χ1) is 5.35. The van der Waals surface area contributed by atoms with Gasteiger partial charge in [-0.25, -0.2) is 5.01 Å². The lowest BCUT2D eigenvalue weighted by atomic mass is 10.3. The molecular formula is C9H22N2. The van der Waals surface area contributed by atoms with E-state index in [1.807, 2.05) is 0 Å². The fourth-order valence-electron chi connectivity index (χ4n) is 0.968. The van der Waals surface area contributed by atoms with Crippen LogP contribution in [0.25, 0.3) is 0 Å². The van der Waals surface area contributed by atoms with Crippen LogP contribution in [0.5, 0.6) is 0 Å². The minimum absolute atomic E-state index is 1.11. The molecule has 0 aliphatic rings. The van der Waals surface area contributed by atoms with Crippen LogP contribution in [0.3, 0.4) is 0 Å². The van der Waals surface area contributed by atoms with E-state index < -0.39 is 0 Å². The van der Waals surface area contributed by atoms with E-state index >= 15 is 0 Å². The summed E-state index contributed by atoms with van der Waals surface area (Å²) in [6.45, 7) is 10.0. The van der Waals surface area contributed by atoms with Gasteiger partial charge in [0.05, 0.1) is 0 Å². The summed E-state index contributed by atoms with van der Waals surface area (Å²) in [7, 11) is 0. The van der Waals surface area contributed by atoms with Crippen LogP contribution in [0.2, 0.25) is 0 Å². The van der Waals surface area contributed by atoms with Crippen molar-refractivity contribution in [3.63, 3.8) is 0 Å². The largest absolute Gasteiger partial charge is 0.255 e. The van der Waals surface area contributed by atoms with Gasteiger partial charge in [-0.05, 0) is 12.8 Å². The quantitative estimate of drug-likeness (QED) is 0.570. The van der Waals surface area contributed by atoms with Crippen LogP contribution in [0.4, 0.5) is 0 Å². The minimum Gasteiger partial charge on any atom is -0.255 e. The molecule has 0 rings (SSSR count). The molecular weight excluding hydrogens is 136 g/mol. The first kappa shape index (κ1) is 10.9. The average molecular weight is 158 g/mol. The van der Waals surface area contributed by atoms with Gasteiger partial charge in [-0.15, -0.1) is 0 Å². The van der Waals surface area contributed by atoms with Crippen LogP contribution < -0.4 is 5.43 Å². The van der Waals surface area contributed by atoms with Gasteiger partial charge < -0.3 is 0 Å². The second-order valence-electron chi connectivity index (χ2n) is 2.84. The van der Waals surface area contributed by atoms with E-state index in [2.05, 4.69) is 31.2 Å². The molecule has 1 N–H and O–H groups in total. The van der Waals surface area contributed by atoms with Gasteiger partial charge >= 0.3 is 0 Å². The second-order valence-corrected chi connectivity index (χ2v) is 2.84. The molecule has 2 nitrogen and oxygen atoms in total. The maximum atomic E-state index is 3.39. The first-order valence-electron chi connectivity index (χ1n) is 4.83. The van der Waals surface area contributed by atoms with Crippen LogP contribution >= 0.6 is 0 Å². The lowest BCUT2D eigenvalue weighted by Crippen LogP contribution is -2.38. The van der Waals surface area contributed by atoms with Crippen molar-refractivity contribution in [3.8, 4) is 0 Å². The molecule has 0 aromatic rings. The molecule has 0 saturated heterocycles. The van der Waals surface area contributed by atoms with Gasteiger partial charge in [0.2, 0.25) is 0 Å². The van der Waals surface area contributed by atoms with Gasteiger partial charge in [0.25, 0.3) is 0 Å². The van der Waals surface area contributed by atoms with Crippen molar-refractivity contribution in [1.29, 1.82) is 0 Å². The van der Waals surface area contributed by atoms with E-state index in [0.29, 0.717) is 0 Å². The van der Waals surface area contributed by atoms with Crippen LogP contribution in [-0.2, 0) is 0 Å². The molecule has 0 aliphatic heterocycles. The average Bonchev–Trinajstić information content (AvgIpc) is 2.05. The van der Waals surface area contributed by atoms with Crippen molar-refractivity contribution in [2.24, 2.45) is 0 Å².